The number of halogens is 1. The van der Waals surface area contributed by atoms with Gasteiger partial charge in [0, 0.05) is 24.3 Å². The van der Waals surface area contributed by atoms with Crippen LogP contribution < -0.4 is 4.74 Å². The zero-order chi connectivity index (χ0) is 20.6. The van der Waals surface area contributed by atoms with Crippen molar-refractivity contribution in [2.24, 2.45) is 10.9 Å². The molecule has 0 aliphatic carbocycles. The average molecular weight is 376 g/mol. The molecule has 0 atom stereocenters. The fraction of sp³-hybridized carbons (Fsp3) is 0.565. The highest BCUT2D eigenvalue weighted by molar-refractivity contribution is 6.39. The van der Waals surface area contributed by atoms with Crippen LogP contribution in [0.3, 0.4) is 0 Å². The molecule has 3 nitrogen and oxygen atoms in total. The number of hydrogen-bond donors (Lipinski definition) is 0. The lowest BCUT2D eigenvalue weighted by Crippen LogP contribution is -2.17. The van der Waals surface area contributed by atoms with E-state index in [-0.39, 0.29) is 23.6 Å². The van der Waals surface area contributed by atoms with E-state index < -0.39 is 0 Å². The number of ketones is 1. The van der Waals surface area contributed by atoms with Crippen LogP contribution in [0.1, 0.15) is 79.7 Å². The Morgan fingerprint density at radius 1 is 1.11 bits per heavy atom. The van der Waals surface area contributed by atoms with Crippen LogP contribution in [-0.4, -0.2) is 17.6 Å². The van der Waals surface area contributed by atoms with Crippen LogP contribution in [0.25, 0.3) is 5.57 Å². The van der Waals surface area contributed by atoms with Gasteiger partial charge in [-0.05, 0) is 50.3 Å². The molecule has 0 saturated heterocycles. The maximum Gasteiger partial charge on any atom is 0.174 e. The predicted octanol–water partition coefficient (Wildman–Crippen LogP) is 6.61. The number of allylic oxidation sites excluding steroid dienone is 2. The van der Waals surface area contributed by atoms with E-state index in [0.717, 1.165) is 31.3 Å². The maximum absolute atomic E-state index is 14.7. The molecular formula is C23H34FNO2. The van der Waals surface area contributed by atoms with Crippen molar-refractivity contribution in [1.29, 1.82) is 0 Å². The molecule has 0 aromatic heterocycles. The quantitative estimate of drug-likeness (QED) is 0.432. The number of Topliss-reactive ketones (excluding diaryl/α,β-unsaturated/α-hetero) is 1. The van der Waals surface area contributed by atoms with Crippen molar-refractivity contribution >= 4 is 17.1 Å². The molecule has 0 heterocycles. The third-order valence-corrected chi connectivity index (χ3v) is 4.61. The Labute approximate surface area is 163 Å². The molecule has 0 fully saturated rings. The molecular weight excluding hydrogens is 341 g/mol. The summed E-state index contributed by atoms with van der Waals surface area (Å²) in [4.78, 5) is 16.2. The maximum atomic E-state index is 14.7. The van der Waals surface area contributed by atoms with Crippen LogP contribution in [-0.2, 0) is 4.79 Å². The zero-order valence-corrected chi connectivity index (χ0v) is 17.9. The molecule has 1 rings (SSSR count). The second-order valence-corrected chi connectivity index (χ2v) is 7.38. The van der Waals surface area contributed by atoms with E-state index in [2.05, 4.69) is 18.8 Å². The Morgan fingerprint density at radius 3 is 2.15 bits per heavy atom. The summed E-state index contributed by atoms with van der Waals surface area (Å²) in [6.07, 6.45) is 4.13. The fourth-order valence-electron chi connectivity index (χ4n) is 3.05. The van der Waals surface area contributed by atoms with Gasteiger partial charge in [0.1, 0.15) is 11.6 Å². The molecule has 1 aromatic rings. The number of nitrogens with zero attached hydrogens (tertiary/aromatic N) is 1. The van der Waals surface area contributed by atoms with Gasteiger partial charge in [0.15, 0.2) is 5.78 Å². The van der Waals surface area contributed by atoms with Crippen molar-refractivity contribution in [3.63, 3.8) is 0 Å². The van der Waals surface area contributed by atoms with Crippen molar-refractivity contribution in [3.05, 3.63) is 35.3 Å². The lowest BCUT2D eigenvalue weighted by atomic mass is 10.0. The van der Waals surface area contributed by atoms with E-state index in [0.29, 0.717) is 22.7 Å². The Morgan fingerprint density at radius 2 is 1.70 bits per heavy atom. The van der Waals surface area contributed by atoms with Gasteiger partial charge < -0.3 is 4.74 Å². The number of hydrogen-bond acceptors (Lipinski definition) is 3. The number of rotatable bonds is 10. The van der Waals surface area contributed by atoms with E-state index in [1.165, 1.54) is 13.0 Å². The second kappa shape index (κ2) is 11.0. The van der Waals surface area contributed by atoms with E-state index in [4.69, 9.17) is 4.74 Å². The van der Waals surface area contributed by atoms with Gasteiger partial charge in [-0.15, -0.1) is 0 Å². The van der Waals surface area contributed by atoms with Gasteiger partial charge >= 0.3 is 0 Å². The number of carbonyl (C=O) groups is 1. The zero-order valence-electron chi connectivity index (χ0n) is 17.9. The van der Waals surface area contributed by atoms with Crippen molar-refractivity contribution < 1.29 is 13.9 Å². The van der Waals surface area contributed by atoms with Gasteiger partial charge in [-0.3, -0.25) is 9.79 Å². The van der Waals surface area contributed by atoms with Gasteiger partial charge in [-0.2, -0.15) is 0 Å². The molecule has 0 radical (unpaired) electrons. The van der Waals surface area contributed by atoms with Crippen molar-refractivity contribution in [2.45, 2.75) is 80.3 Å². The first kappa shape index (κ1) is 23.1. The van der Waals surface area contributed by atoms with Gasteiger partial charge in [0.2, 0.25) is 0 Å². The summed E-state index contributed by atoms with van der Waals surface area (Å²) in [6, 6.07) is 4.99. The highest BCUT2D eigenvalue weighted by atomic mass is 19.1. The van der Waals surface area contributed by atoms with E-state index in [9.17, 15) is 9.18 Å². The van der Waals surface area contributed by atoms with E-state index in [1.54, 1.807) is 6.07 Å². The van der Waals surface area contributed by atoms with Gasteiger partial charge in [0.25, 0.3) is 0 Å². The molecule has 4 heteroatoms. The van der Waals surface area contributed by atoms with Crippen LogP contribution in [0.5, 0.6) is 5.75 Å². The molecule has 0 aliphatic rings. The van der Waals surface area contributed by atoms with Gasteiger partial charge in [-0.25, -0.2) is 4.39 Å². The fourth-order valence-corrected chi connectivity index (χ4v) is 3.05. The van der Waals surface area contributed by atoms with Crippen molar-refractivity contribution in [3.8, 4) is 5.75 Å². The summed E-state index contributed by atoms with van der Waals surface area (Å²) in [5.41, 5.74) is 2.36. The first-order valence-corrected chi connectivity index (χ1v) is 9.94. The lowest BCUT2D eigenvalue weighted by Gasteiger charge is -2.18. The molecule has 0 amide bonds. The minimum atomic E-state index is -0.333. The highest BCUT2D eigenvalue weighted by Crippen LogP contribution is 2.27. The minimum absolute atomic E-state index is 0.0277. The first-order chi connectivity index (χ1) is 12.7. The van der Waals surface area contributed by atoms with Gasteiger partial charge in [0.05, 0.1) is 11.8 Å². The molecule has 0 bridgehead atoms. The van der Waals surface area contributed by atoms with Crippen molar-refractivity contribution in [2.75, 3.05) is 0 Å². The third kappa shape index (κ3) is 6.93. The molecule has 27 heavy (non-hydrogen) atoms. The van der Waals surface area contributed by atoms with Crippen molar-refractivity contribution in [1.82, 2.24) is 0 Å². The van der Waals surface area contributed by atoms with E-state index >= 15 is 0 Å². The number of carbonyl (C=O) groups excluding carboxylic acids is 1. The van der Waals surface area contributed by atoms with Crippen LogP contribution in [0.4, 0.5) is 4.39 Å². The standard InChI is InChI=1S/C23H34FNO2/c1-8-10-19(11-9-2)27-20-12-13-21(22(24)14-20)16(5)17(6)25-23(15(3)4)18(7)26/h12-15,19H,8-11H2,1-7H3/b17-16+,25-23?. The number of ether oxygens (including phenoxy) is 1. The van der Waals surface area contributed by atoms with Crippen LogP contribution in [0, 0.1) is 11.7 Å². The highest BCUT2D eigenvalue weighted by Gasteiger charge is 2.14. The summed E-state index contributed by atoms with van der Waals surface area (Å²) in [5.74, 6) is 0.197. The second-order valence-electron chi connectivity index (χ2n) is 7.38. The first-order valence-electron chi connectivity index (χ1n) is 9.94. The van der Waals surface area contributed by atoms with Gasteiger partial charge in [-0.1, -0.05) is 40.5 Å². The number of aliphatic imine (C=N–C) groups is 1. The minimum Gasteiger partial charge on any atom is -0.490 e. The Balaban J connectivity index is 3.13. The summed E-state index contributed by atoms with van der Waals surface area (Å²) >= 11 is 0. The normalized spacial score (nSPS) is 13.2. The predicted molar refractivity (Wildman–Crippen MR) is 112 cm³/mol. The summed E-state index contributed by atoms with van der Waals surface area (Å²) in [7, 11) is 0. The molecule has 0 spiro atoms. The third-order valence-electron chi connectivity index (χ3n) is 4.61. The van der Waals surface area contributed by atoms with Crippen LogP contribution in [0.15, 0.2) is 28.9 Å². The SMILES string of the molecule is CCCC(CCC)Oc1ccc(/C(C)=C(\C)N=C(C(C)=O)C(C)C)c(F)c1. The Hall–Kier alpha value is -1.97. The molecule has 150 valence electrons. The largest absolute Gasteiger partial charge is 0.490 e. The molecule has 1 aromatic carbocycles. The molecule has 0 unspecified atom stereocenters. The molecule has 0 saturated carbocycles. The van der Waals surface area contributed by atoms with Crippen LogP contribution >= 0.6 is 0 Å². The summed E-state index contributed by atoms with van der Waals surface area (Å²) in [6.45, 7) is 13.3. The molecule has 0 aliphatic heterocycles. The Bertz CT molecular complexity index is 698. The Kier molecular flexibility index (Phi) is 9.40. The summed E-state index contributed by atoms with van der Waals surface area (Å²) < 4.78 is 20.7. The lowest BCUT2D eigenvalue weighted by molar-refractivity contribution is -0.111. The smallest absolute Gasteiger partial charge is 0.174 e. The summed E-state index contributed by atoms with van der Waals surface area (Å²) in [5, 5.41) is 0. The number of benzene rings is 1. The van der Waals surface area contributed by atoms with Crippen LogP contribution in [0.2, 0.25) is 0 Å². The molecule has 0 N–H and O–H groups in total. The topological polar surface area (TPSA) is 38.7 Å². The van der Waals surface area contributed by atoms with E-state index in [1.807, 2.05) is 33.8 Å². The average Bonchev–Trinajstić information content (AvgIpc) is 2.59. The monoisotopic (exact) mass is 375 g/mol.